The molecule has 2 nitrogen and oxygen atoms in total. The average molecular weight is 469 g/mol. The van der Waals surface area contributed by atoms with Gasteiger partial charge in [-0.1, -0.05) is 83.9 Å². The SMILES string of the molecule is O=C(c1ccccc1)c1ccc(Cl)c(Cl)c1.O=C(c1ccccc1)c1ccc(F)c(F)c1. The van der Waals surface area contributed by atoms with E-state index in [9.17, 15) is 18.4 Å². The summed E-state index contributed by atoms with van der Waals surface area (Å²) in [6.45, 7) is 0. The standard InChI is InChI=1S/C13H8Cl2O.C13H8F2O/c2*14-11-7-6-10(8-12(11)15)13(16)9-4-2-1-3-5-9/h2*1-8H. The molecule has 0 fully saturated rings. The first-order valence-electron chi connectivity index (χ1n) is 9.46. The number of carbonyl (C=O) groups is 2. The van der Waals surface area contributed by atoms with Gasteiger partial charge in [0.05, 0.1) is 10.0 Å². The molecule has 0 aliphatic rings. The van der Waals surface area contributed by atoms with Gasteiger partial charge in [-0.25, -0.2) is 8.78 Å². The van der Waals surface area contributed by atoms with E-state index in [-0.39, 0.29) is 17.1 Å². The van der Waals surface area contributed by atoms with Gasteiger partial charge in [0, 0.05) is 22.3 Å². The molecule has 0 aliphatic heterocycles. The molecule has 0 aromatic heterocycles. The van der Waals surface area contributed by atoms with Gasteiger partial charge in [0.25, 0.3) is 0 Å². The smallest absolute Gasteiger partial charge is 0.193 e. The normalized spacial score (nSPS) is 10.1. The fourth-order valence-corrected chi connectivity index (χ4v) is 3.09. The topological polar surface area (TPSA) is 34.1 Å². The van der Waals surface area contributed by atoms with Crippen molar-refractivity contribution >= 4 is 34.8 Å². The Morgan fingerprint density at radius 2 is 0.969 bits per heavy atom. The molecular weight excluding hydrogens is 453 g/mol. The van der Waals surface area contributed by atoms with Crippen molar-refractivity contribution < 1.29 is 18.4 Å². The molecule has 4 aromatic carbocycles. The van der Waals surface area contributed by atoms with E-state index in [2.05, 4.69) is 0 Å². The Labute approximate surface area is 194 Å². The summed E-state index contributed by atoms with van der Waals surface area (Å²) in [4.78, 5) is 23.8. The van der Waals surface area contributed by atoms with Gasteiger partial charge in [-0.15, -0.1) is 0 Å². The quantitative estimate of drug-likeness (QED) is 0.292. The molecule has 0 radical (unpaired) electrons. The summed E-state index contributed by atoms with van der Waals surface area (Å²) in [5.74, 6) is -2.34. The zero-order valence-electron chi connectivity index (χ0n) is 16.6. The maximum atomic E-state index is 12.9. The van der Waals surface area contributed by atoms with E-state index in [4.69, 9.17) is 23.2 Å². The highest BCUT2D eigenvalue weighted by molar-refractivity contribution is 6.42. The van der Waals surface area contributed by atoms with E-state index < -0.39 is 11.6 Å². The van der Waals surface area contributed by atoms with Crippen molar-refractivity contribution in [1.29, 1.82) is 0 Å². The van der Waals surface area contributed by atoms with E-state index >= 15 is 0 Å². The van der Waals surface area contributed by atoms with Gasteiger partial charge in [0.2, 0.25) is 0 Å². The van der Waals surface area contributed by atoms with Crippen molar-refractivity contribution in [3.8, 4) is 0 Å². The molecule has 0 bridgehead atoms. The average Bonchev–Trinajstić information content (AvgIpc) is 2.83. The van der Waals surface area contributed by atoms with Crippen LogP contribution in [0.25, 0.3) is 0 Å². The Hall–Kier alpha value is -3.34. The predicted octanol–water partition coefficient (Wildman–Crippen LogP) is 7.42. The summed E-state index contributed by atoms with van der Waals surface area (Å²) >= 11 is 11.6. The van der Waals surface area contributed by atoms with Crippen molar-refractivity contribution in [2.75, 3.05) is 0 Å². The van der Waals surface area contributed by atoms with Crippen LogP contribution in [0.5, 0.6) is 0 Å². The first-order chi connectivity index (χ1) is 15.4. The van der Waals surface area contributed by atoms with Crippen LogP contribution in [0.3, 0.4) is 0 Å². The molecular formula is C26H16Cl2F2O2. The van der Waals surface area contributed by atoms with Crippen molar-refractivity contribution in [3.63, 3.8) is 0 Å². The van der Waals surface area contributed by atoms with Gasteiger partial charge in [-0.2, -0.15) is 0 Å². The molecule has 160 valence electrons. The first kappa shape index (κ1) is 23.3. The van der Waals surface area contributed by atoms with Gasteiger partial charge in [0.15, 0.2) is 23.2 Å². The largest absolute Gasteiger partial charge is 0.289 e. The van der Waals surface area contributed by atoms with Crippen LogP contribution >= 0.6 is 23.2 Å². The number of carbonyl (C=O) groups excluding carboxylic acids is 2. The molecule has 0 saturated carbocycles. The highest BCUT2D eigenvalue weighted by atomic mass is 35.5. The van der Waals surface area contributed by atoms with Gasteiger partial charge < -0.3 is 0 Å². The highest BCUT2D eigenvalue weighted by Gasteiger charge is 2.11. The van der Waals surface area contributed by atoms with E-state index in [0.29, 0.717) is 26.7 Å². The van der Waals surface area contributed by atoms with Gasteiger partial charge >= 0.3 is 0 Å². The number of rotatable bonds is 4. The number of halogens is 4. The molecule has 4 aromatic rings. The lowest BCUT2D eigenvalue weighted by Gasteiger charge is -2.02. The predicted molar refractivity (Wildman–Crippen MR) is 123 cm³/mol. The monoisotopic (exact) mass is 468 g/mol. The second-order valence-corrected chi connectivity index (χ2v) is 7.46. The second-order valence-electron chi connectivity index (χ2n) is 6.65. The molecule has 0 unspecified atom stereocenters. The second kappa shape index (κ2) is 10.8. The Balaban J connectivity index is 0.000000181. The first-order valence-corrected chi connectivity index (χ1v) is 10.2. The minimum Gasteiger partial charge on any atom is -0.289 e. The van der Waals surface area contributed by atoms with Crippen LogP contribution in [0.15, 0.2) is 97.1 Å². The third-order valence-electron chi connectivity index (χ3n) is 4.44. The van der Waals surface area contributed by atoms with Gasteiger partial charge in [-0.3, -0.25) is 9.59 Å². The summed E-state index contributed by atoms with van der Waals surface area (Å²) in [7, 11) is 0. The third-order valence-corrected chi connectivity index (χ3v) is 5.17. The van der Waals surface area contributed by atoms with Crippen LogP contribution < -0.4 is 0 Å². The van der Waals surface area contributed by atoms with Crippen LogP contribution in [-0.4, -0.2) is 11.6 Å². The van der Waals surface area contributed by atoms with E-state index in [0.717, 1.165) is 12.1 Å². The summed E-state index contributed by atoms with van der Waals surface area (Å²) in [5.41, 5.74) is 1.78. The lowest BCUT2D eigenvalue weighted by atomic mass is 10.0. The summed E-state index contributed by atoms with van der Waals surface area (Å²) < 4.78 is 25.6. The zero-order valence-corrected chi connectivity index (χ0v) is 18.1. The fourth-order valence-electron chi connectivity index (χ4n) is 2.79. The Kier molecular flexibility index (Phi) is 7.87. The van der Waals surface area contributed by atoms with Crippen LogP contribution in [0, 0.1) is 11.6 Å². The highest BCUT2D eigenvalue weighted by Crippen LogP contribution is 2.23. The number of ketones is 2. The van der Waals surface area contributed by atoms with E-state index in [1.807, 2.05) is 18.2 Å². The van der Waals surface area contributed by atoms with Gasteiger partial charge in [-0.05, 0) is 36.4 Å². The molecule has 0 atom stereocenters. The molecule has 0 saturated heterocycles. The lowest BCUT2D eigenvalue weighted by molar-refractivity contribution is 0.103. The minimum atomic E-state index is -1.01. The van der Waals surface area contributed by atoms with Gasteiger partial charge in [0.1, 0.15) is 0 Å². The van der Waals surface area contributed by atoms with Crippen LogP contribution in [0.2, 0.25) is 10.0 Å². The van der Waals surface area contributed by atoms with E-state index in [1.165, 1.54) is 6.07 Å². The molecule has 6 heteroatoms. The maximum Gasteiger partial charge on any atom is 0.193 e. The molecule has 0 spiro atoms. The third kappa shape index (κ3) is 5.88. The molecule has 4 rings (SSSR count). The number of hydrogen-bond acceptors (Lipinski definition) is 2. The maximum absolute atomic E-state index is 12.9. The molecule has 0 N–H and O–H groups in total. The number of benzene rings is 4. The molecule has 32 heavy (non-hydrogen) atoms. The lowest BCUT2D eigenvalue weighted by Crippen LogP contribution is -2.02. The summed E-state index contributed by atoms with van der Waals surface area (Å²) in [6.07, 6.45) is 0. The minimum absolute atomic E-state index is 0.0563. The molecule has 0 aliphatic carbocycles. The zero-order chi connectivity index (χ0) is 23.1. The summed E-state index contributed by atoms with van der Waals surface area (Å²) in [6, 6.07) is 25.5. The molecule has 0 amide bonds. The number of hydrogen-bond donors (Lipinski definition) is 0. The van der Waals surface area contributed by atoms with Crippen molar-refractivity contribution in [2.24, 2.45) is 0 Å². The fraction of sp³-hybridized carbons (Fsp3) is 0. The van der Waals surface area contributed by atoms with Crippen molar-refractivity contribution in [1.82, 2.24) is 0 Å². The van der Waals surface area contributed by atoms with Crippen molar-refractivity contribution in [3.05, 3.63) is 141 Å². The van der Waals surface area contributed by atoms with Crippen LogP contribution in [0.4, 0.5) is 8.78 Å². The Bertz CT molecular complexity index is 1140. The molecule has 0 heterocycles. The van der Waals surface area contributed by atoms with E-state index in [1.54, 1.807) is 60.7 Å². The van der Waals surface area contributed by atoms with Crippen LogP contribution in [-0.2, 0) is 0 Å². The van der Waals surface area contributed by atoms with Crippen molar-refractivity contribution in [2.45, 2.75) is 0 Å². The summed E-state index contributed by atoms with van der Waals surface area (Å²) in [5, 5.41) is 0.842. The Morgan fingerprint density at radius 1 is 0.500 bits per heavy atom. The van der Waals surface area contributed by atoms with Crippen LogP contribution in [0.1, 0.15) is 31.8 Å². The Morgan fingerprint density at radius 3 is 1.44 bits per heavy atom.